The summed E-state index contributed by atoms with van der Waals surface area (Å²) >= 11 is 0. The molecule has 0 saturated heterocycles. The van der Waals surface area contributed by atoms with Crippen molar-refractivity contribution in [1.82, 2.24) is 4.98 Å². The van der Waals surface area contributed by atoms with Gasteiger partial charge in [-0.05, 0) is 48.0 Å². The Balaban J connectivity index is 2.32. The van der Waals surface area contributed by atoms with E-state index in [0.717, 1.165) is 51.4 Å². The van der Waals surface area contributed by atoms with E-state index in [1.165, 1.54) is 16.5 Å². The first-order valence-corrected chi connectivity index (χ1v) is 14.6. The van der Waals surface area contributed by atoms with Crippen LogP contribution in [0.1, 0.15) is 45.7 Å². The van der Waals surface area contributed by atoms with Crippen molar-refractivity contribution in [3.05, 3.63) is 53.7 Å². The predicted molar refractivity (Wildman–Crippen MR) is 140 cm³/mol. The van der Waals surface area contributed by atoms with E-state index in [1.807, 2.05) is 12.3 Å². The number of nitrogens with zero attached hydrogens (tertiary/aromatic N) is 1. The van der Waals surface area contributed by atoms with E-state index < -0.39 is 8.32 Å². The van der Waals surface area contributed by atoms with Crippen LogP contribution in [0.2, 0.25) is 18.1 Å². The summed E-state index contributed by atoms with van der Waals surface area (Å²) in [6.45, 7) is 16.0. The number of pyridine rings is 1. The molecule has 0 N–H and O–H groups in total. The zero-order chi connectivity index (χ0) is 23.3. The van der Waals surface area contributed by atoms with Crippen LogP contribution in [0.5, 0.6) is 11.5 Å². The van der Waals surface area contributed by atoms with Crippen molar-refractivity contribution in [1.29, 1.82) is 0 Å². The van der Waals surface area contributed by atoms with Crippen molar-refractivity contribution in [2.24, 2.45) is 0 Å². The summed E-state index contributed by atoms with van der Waals surface area (Å²) in [6.07, 6.45) is 3.67. The zero-order valence-corrected chi connectivity index (χ0v) is 21.7. The van der Waals surface area contributed by atoms with Crippen LogP contribution in [0.3, 0.4) is 0 Å². The Morgan fingerprint density at radius 2 is 1.38 bits per heavy atom. The van der Waals surface area contributed by atoms with E-state index in [0.29, 0.717) is 0 Å². The number of benzene rings is 3. The van der Waals surface area contributed by atoms with E-state index in [9.17, 15) is 0 Å². The number of rotatable bonds is 5. The lowest BCUT2D eigenvalue weighted by Crippen LogP contribution is -2.44. The summed E-state index contributed by atoms with van der Waals surface area (Å²) < 4.78 is 13.3. The average Bonchev–Trinajstić information content (AvgIpc) is 2.77. The van der Waals surface area contributed by atoms with Crippen LogP contribution in [0.4, 0.5) is 0 Å². The normalized spacial score (nSPS) is 12.6. The summed E-state index contributed by atoms with van der Waals surface area (Å²) in [5.41, 5.74) is 3.53. The molecular weight excluding hydrogens is 410 g/mol. The molecule has 32 heavy (non-hydrogen) atoms. The van der Waals surface area contributed by atoms with Gasteiger partial charge in [0, 0.05) is 33.3 Å². The van der Waals surface area contributed by atoms with Crippen molar-refractivity contribution in [2.75, 3.05) is 7.11 Å². The van der Waals surface area contributed by atoms with E-state index in [-0.39, 0.29) is 5.04 Å². The fraction of sp³-hybridized carbons (Fsp3) is 0.393. The fourth-order valence-corrected chi connectivity index (χ4v) is 5.58. The van der Waals surface area contributed by atoms with Gasteiger partial charge in [0.15, 0.2) is 0 Å². The molecule has 0 fully saturated rings. The Hall–Kier alpha value is -2.59. The SMILES string of the molecule is CCc1c(CC)c(OC)c2c3cccnc3c3ccccc3c2c1O[Si](C)(C)C(C)(C)C. The molecule has 0 spiro atoms. The molecule has 0 bridgehead atoms. The second-order valence-electron chi connectivity index (χ2n) is 10.1. The van der Waals surface area contributed by atoms with Gasteiger partial charge in [-0.2, -0.15) is 0 Å². The highest BCUT2D eigenvalue weighted by Crippen LogP contribution is 2.50. The minimum Gasteiger partial charge on any atom is -0.543 e. The molecule has 3 nitrogen and oxygen atoms in total. The maximum atomic E-state index is 7.16. The number of methoxy groups -OCH3 is 1. The molecule has 0 unspecified atom stereocenters. The lowest BCUT2D eigenvalue weighted by Gasteiger charge is -2.38. The number of fused-ring (bicyclic) bond motifs is 6. The smallest absolute Gasteiger partial charge is 0.250 e. The van der Waals surface area contributed by atoms with Crippen LogP contribution in [0.15, 0.2) is 42.6 Å². The summed E-state index contributed by atoms with van der Waals surface area (Å²) in [7, 11) is -0.294. The molecule has 1 heterocycles. The maximum Gasteiger partial charge on any atom is 0.250 e. The molecule has 0 atom stereocenters. The van der Waals surface area contributed by atoms with E-state index in [2.05, 4.69) is 78.0 Å². The lowest BCUT2D eigenvalue weighted by atomic mass is 9.89. The first kappa shape index (κ1) is 22.6. The minimum atomic E-state index is -2.09. The fourth-order valence-electron chi connectivity index (χ4n) is 4.54. The number of ether oxygens (including phenoxy) is 1. The van der Waals surface area contributed by atoms with Gasteiger partial charge in [-0.15, -0.1) is 0 Å². The van der Waals surface area contributed by atoms with Crippen molar-refractivity contribution in [2.45, 2.75) is 65.6 Å². The molecular formula is C28H35NO2Si. The van der Waals surface area contributed by atoms with Gasteiger partial charge >= 0.3 is 0 Å². The minimum absolute atomic E-state index is 0.102. The van der Waals surface area contributed by atoms with Crippen LogP contribution in [0.25, 0.3) is 32.4 Å². The van der Waals surface area contributed by atoms with Gasteiger partial charge in [0.1, 0.15) is 11.5 Å². The molecule has 0 aliphatic heterocycles. The van der Waals surface area contributed by atoms with E-state index in [4.69, 9.17) is 14.1 Å². The van der Waals surface area contributed by atoms with Crippen molar-refractivity contribution in [3.63, 3.8) is 0 Å². The Labute approximate surface area is 192 Å². The number of aromatic nitrogens is 1. The molecule has 0 aliphatic carbocycles. The zero-order valence-electron chi connectivity index (χ0n) is 20.7. The summed E-state index contributed by atoms with van der Waals surface area (Å²) in [4.78, 5) is 4.79. The summed E-state index contributed by atoms with van der Waals surface area (Å²) in [5, 5.41) is 5.84. The van der Waals surface area contributed by atoms with Gasteiger partial charge in [0.25, 0.3) is 8.32 Å². The standard InChI is InChI=1S/C28H35NO2Si/c1-9-18-19(10-2)27(31-32(7,8)28(3,4)5)23-20-14-11-12-15-21(20)25-22(16-13-17-29-25)24(23)26(18)30-6/h11-17H,9-10H2,1-8H3. The molecule has 0 aliphatic rings. The second-order valence-corrected chi connectivity index (χ2v) is 14.8. The highest BCUT2D eigenvalue weighted by atomic mass is 28.4. The molecule has 3 aromatic carbocycles. The Kier molecular flexibility index (Phi) is 5.70. The van der Waals surface area contributed by atoms with Crippen LogP contribution in [0, 0.1) is 0 Å². The molecule has 4 rings (SSSR count). The van der Waals surface area contributed by atoms with Crippen LogP contribution in [-0.2, 0) is 12.8 Å². The molecule has 168 valence electrons. The van der Waals surface area contributed by atoms with Gasteiger partial charge in [-0.25, -0.2) is 0 Å². The maximum absolute atomic E-state index is 7.16. The van der Waals surface area contributed by atoms with Gasteiger partial charge in [0.05, 0.1) is 12.6 Å². The Morgan fingerprint density at radius 3 is 1.97 bits per heavy atom. The quantitative estimate of drug-likeness (QED) is 0.230. The molecule has 0 amide bonds. The van der Waals surface area contributed by atoms with Crippen LogP contribution in [-0.4, -0.2) is 20.4 Å². The topological polar surface area (TPSA) is 31.4 Å². The number of hydrogen-bond donors (Lipinski definition) is 0. The van der Waals surface area contributed by atoms with E-state index >= 15 is 0 Å². The third-order valence-corrected chi connectivity index (χ3v) is 11.5. The lowest BCUT2D eigenvalue weighted by molar-refractivity contribution is 0.413. The Bertz CT molecular complexity index is 1320. The second kappa shape index (κ2) is 8.07. The van der Waals surface area contributed by atoms with Gasteiger partial charge in [-0.1, -0.05) is 65.0 Å². The molecule has 1 aromatic heterocycles. The third kappa shape index (κ3) is 3.36. The third-order valence-electron chi connectivity index (χ3n) is 7.22. The predicted octanol–water partition coefficient (Wildman–Crippen LogP) is 8.06. The van der Waals surface area contributed by atoms with Gasteiger partial charge in [-0.3, -0.25) is 4.98 Å². The average molecular weight is 446 g/mol. The summed E-state index contributed by atoms with van der Waals surface area (Å²) in [6, 6.07) is 12.8. The van der Waals surface area contributed by atoms with Crippen molar-refractivity contribution < 1.29 is 9.16 Å². The van der Waals surface area contributed by atoms with Crippen molar-refractivity contribution in [3.8, 4) is 11.5 Å². The first-order valence-electron chi connectivity index (χ1n) is 11.7. The molecule has 0 saturated carbocycles. The first-order chi connectivity index (χ1) is 15.2. The molecule has 4 aromatic rings. The number of hydrogen-bond acceptors (Lipinski definition) is 3. The molecule has 0 radical (unpaired) electrons. The van der Waals surface area contributed by atoms with Crippen LogP contribution >= 0.6 is 0 Å². The highest BCUT2D eigenvalue weighted by molar-refractivity contribution is 6.74. The van der Waals surface area contributed by atoms with Crippen LogP contribution < -0.4 is 9.16 Å². The monoisotopic (exact) mass is 445 g/mol. The van der Waals surface area contributed by atoms with Gasteiger partial charge in [0.2, 0.25) is 0 Å². The summed E-state index contributed by atoms with van der Waals surface area (Å²) in [5.74, 6) is 2.01. The highest BCUT2D eigenvalue weighted by Gasteiger charge is 2.40. The molecule has 4 heteroatoms. The van der Waals surface area contributed by atoms with Gasteiger partial charge < -0.3 is 9.16 Å². The van der Waals surface area contributed by atoms with E-state index in [1.54, 1.807) is 7.11 Å². The largest absolute Gasteiger partial charge is 0.543 e. The van der Waals surface area contributed by atoms with Crippen molar-refractivity contribution >= 4 is 40.8 Å². The Morgan fingerprint density at radius 1 is 0.812 bits per heavy atom.